The average Bonchev–Trinajstić information content (AvgIpc) is 2.28. The summed E-state index contributed by atoms with van der Waals surface area (Å²) in [5.41, 5.74) is 5.73. The molecule has 0 aliphatic carbocycles. The van der Waals surface area contributed by atoms with Crippen LogP contribution in [-0.4, -0.2) is 45.9 Å². The summed E-state index contributed by atoms with van der Waals surface area (Å²) in [6.45, 7) is 2.00. The van der Waals surface area contributed by atoms with Crippen molar-refractivity contribution >= 4 is 23.5 Å². The zero-order chi connectivity index (χ0) is 12.1. The molecule has 1 atom stereocenters. The minimum Gasteiger partial charge on any atom is -0.382 e. The lowest BCUT2D eigenvalue weighted by Crippen LogP contribution is -2.37. The zero-order valence-electron chi connectivity index (χ0n) is 9.67. The highest BCUT2D eigenvalue weighted by Crippen LogP contribution is 2.07. The van der Waals surface area contributed by atoms with Crippen LogP contribution in [0.5, 0.6) is 0 Å². The van der Waals surface area contributed by atoms with E-state index in [1.807, 2.05) is 13.2 Å². The van der Waals surface area contributed by atoms with Crippen molar-refractivity contribution in [2.24, 2.45) is 0 Å². The summed E-state index contributed by atoms with van der Waals surface area (Å²) in [6.07, 6.45) is 4.80. The number of amides is 1. The van der Waals surface area contributed by atoms with Gasteiger partial charge in [0, 0.05) is 18.8 Å². The van der Waals surface area contributed by atoms with Crippen LogP contribution in [0.2, 0.25) is 0 Å². The average molecular weight is 240 g/mol. The molecular formula is C10H16N4OS. The van der Waals surface area contributed by atoms with Crippen LogP contribution in [0.4, 0.5) is 5.82 Å². The molecule has 5 nitrogen and oxygen atoms in total. The second kappa shape index (κ2) is 5.69. The third kappa shape index (κ3) is 3.10. The van der Waals surface area contributed by atoms with Gasteiger partial charge in [-0.3, -0.25) is 4.79 Å². The Morgan fingerprint density at radius 2 is 2.25 bits per heavy atom. The molecular weight excluding hydrogens is 224 g/mol. The molecule has 6 heteroatoms. The van der Waals surface area contributed by atoms with Gasteiger partial charge in [-0.25, -0.2) is 9.97 Å². The first-order valence-electron chi connectivity index (χ1n) is 4.90. The van der Waals surface area contributed by atoms with Crippen LogP contribution in [0.3, 0.4) is 0 Å². The highest BCUT2D eigenvalue weighted by molar-refractivity contribution is 7.98. The summed E-state index contributed by atoms with van der Waals surface area (Å²) in [4.78, 5) is 21.4. The molecule has 0 aliphatic heterocycles. The first-order valence-corrected chi connectivity index (χ1v) is 6.29. The number of carbonyl (C=O) groups excluding carboxylic acids is 1. The molecule has 0 saturated heterocycles. The van der Waals surface area contributed by atoms with Gasteiger partial charge in [0.25, 0.3) is 5.91 Å². The molecule has 1 aromatic heterocycles. The molecule has 1 rings (SSSR count). The van der Waals surface area contributed by atoms with Crippen molar-refractivity contribution in [3.05, 3.63) is 18.1 Å². The fourth-order valence-electron chi connectivity index (χ4n) is 1.18. The SMILES string of the molecule is CSCC(C)N(C)C(=O)c1cnc(N)cn1. The van der Waals surface area contributed by atoms with E-state index in [0.717, 1.165) is 5.75 Å². The Balaban J connectivity index is 2.73. The van der Waals surface area contributed by atoms with Gasteiger partial charge in [0.1, 0.15) is 11.5 Å². The molecule has 1 amide bonds. The number of nitrogens with two attached hydrogens (primary N) is 1. The second-order valence-corrected chi connectivity index (χ2v) is 4.46. The quantitative estimate of drug-likeness (QED) is 0.846. The van der Waals surface area contributed by atoms with Gasteiger partial charge in [0.05, 0.1) is 12.4 Å². The second-order valence-electron chi connectivity index (χ2n) is 3.55. The number of carbonyl (C=O) groups is 1. The zero-order valence-corrected chi connectivity index (χ0v) is 10.5. The molecule has 0 radical (unpaired) electrons. The molecule has 1 aromatic rings. The molecule has 2 N–H and O–H groups in total. The number of hydrogen-bond acceptors (Lipinski definition) is 5. The van der Waals surface area contributed by atoms with Gasteiger partial charge in [-0.1, -0.05) is 0 Å². The number of hydrogen-bond donors (Lipinski definition) is 1. The summed E-state index contributed by atoms with van der Waals surface area (Å²) in [5.74, 6) is 1.08. The topological polar surface area (TPSA) is 72.1 Å². The molecule has 1 unspecified atom stereocenters. The van der Waals surface area contributed by atoms with Gasteiger partial charge in [0.15, 0.2) is 0 Å². The maximum Gasteiger partial charge on any atom is 0.274 e. The van der Waals surface area contributed by atoms with Gasteiger partial charge in [0.2, 0.25) is 0 Å². The van der Waals surface area contributed by atoms with Gasteiger partial charge in [-0.05, 0) is 13.2 Å². The van der Waals surface area contributed by atoms with E-state index in [4.69, 9.17) is 5.73 Å². The van der Waals surface area contributed by atoms with Crippen molar-refractivity contribution < 1.29 is 4.79 Å². The van der Waals surface area contributed by atoms with Gasteiger partial charge >= 0.3 is 0 Å². The van der Waals surface area contributed by atoms with Crippen molar-refractivity contribution in [1.29, 1.82) is 0 Å². The highest BCUT2D eigenvalue weighted by Gasteiger charge is 2.18. The van der Waals surface area contributed by atoms with Crippen LogP contribution in [-0.2, 0) is 0 Å². The Kier molecular flexibility index (Phi) is 4.54. The number of rotatable bonds is 4. The summed E-state index contributed by atoms with van der Waals surface area (Å²) in [6, 6.07) is 0.168. The first-order chi connectivity index (χ1) is 7.56. The van der Waals surface area contributed by atoms with Gasteiger partial charge < -0.3 is 10.6 Å². The third-order valence-electron chi connectivity index (χ3n) is 2.28. The Labute approximate surface area is 99.4 Å². The number of thioether (sulfide) groups is 1. The van der Waals surface area contributed by atoms with Crippen molar-refractivity contribution in [2.75, 3.05) is 24.8 Å². The molecule has 1 heterocycles. The van der Waals surface area contributed by atoms with Crippen molar-refractivity contribution in [3.8, 4) is 0 Å². The number of nitrogens with zero attached hydrogens (tertiary/aromatic N) is 3. The maximum absolute atomic E-state index is 11.9. The summed E-state index contributed by atoms with van der Waals surface area (Å²) >= 11 is 1.70. The largest absolute Gasteiger partial charge is 0.382 e. The van der Waals surface area contributed by atoms with Gasteiger partial charge in [-0.2, -0.15) is 11.8 Å². The monoisotopic (exact) mass is 240 g/mol. The van der Waals surface area contributed by atoms with Crippen LogP contribution in [0.15, 0.2) is 12.4 Å². The fourth-order valence-corrected chi connectivity index (χ4v) is 1.89. The van der Waals surface area contributed by atoms with Gasteiger partial charge in [-0.15, -0.1) is 0 Å². The minimum atomic E-state index is -0.131. The molecule has 88 valence electrons. The Morgan fingerprint density at radius 3 is 2.75 bits per heavy atom. The predicted molar refractivity (Wildman–Crippen MR) is 66.4 cm³/mol. The van der Waals surface area contributed by atoms with E-state index in [-0.39, 0.29) is 11.9 Å². The van der Waals surface area contributed by atoms with Crippen LogP contribution in [0.25, 0.3) is 0 Å². The Hall–Kier alpha value is -1.30. The van der Waals surface area contributed by atoms with E-state index in [1.165, 1.54) is 12.4 Å². The van der Waals surface area contributed by atoms with E-state index in [9.17, 15) is 4.79 Å². The number of nitrogen functional groups attached to an aromatic ring is 1. The summed E-state index contributed by atoms with van der Waals surface area (Å²) in [7, 11) is 1.77. The van der Waals surface area contributed by atoms with Crippen molar-refractivity contribution in [1.82, 2.24) is 14.9 Å². The van der Waals surface area contributed by atoms with E-state index in [2.05, 4.69) is 9.97 Å². The molecule has 0 aliphatic rings. The molecule has 0 saturated carbocycles. The van der Waals surface area contributed by atoms with Crippen molar-refractivity contribution in [3.63, 3.8) is 0 Å². The third-order valence-corrected chi connectivity index (χ3v) is 3.10. The Morgan fingerprint density at radius 1 is 1.56 bits per heavy atom. The molecule has 0 aromatic carbocycles. The van der Waals surface area contributed by atoms with E-state index < -0.39 is 0 Å². The lowest BCUT2D eigenvalue weighted by molar-refractivity contribution is 0.0751. The van der Waals surface area contributed by atoms with Crippen LogP contribution < -0.4 is 5.73 Å². The van der Waals surface area contributed by atoms with Crippen molar-refractivity contribution in [2.45, 2.75) is 13.0 Å². The first kappa shape index (κ1) is 12.8. The molecule has 0 spiro atoms. The summed E-state index contributed by atoms with van der Waals surface area (Å²) < 4.78 is 0. The van der Waals surface area contributed by atoms with Crippen LogP contribution in [0.1, 0.15) is 17.4 Å². The fraction of sp³-hybridized carbons (Fsp3) is 0.500. The van der Waals surface area contributed by atoms with E-state index >= 15 is 0 Å². The maximum atomic E-state index is 11.9. The Bertz CT molecular complexity index is 354. The normalized spacial score (nSPS) is 12.2. The molecule has 0 fully saturated rings. The lowest BCUT2D eigenvalue weighted by Gasteiger charge is -2.23. The smallest absolute Gasteiger partial charge is 0.274 e. The van der Waals surface area contributed by atoms with Crippen LogP contribution >= 0.6 is 11.8 Å². The predicted octanol–water partition coefficient (Wildman–Crippen LogP) is 0.882. The number of aromatic nitrogens is 2. The standard InChI is InChI=1S/C10H16N4OS/c1-7(6-16-3)14(2)10(15)8-4-13-9(11)5-12-8/h4-5,7H,6H2,1-3H3,(H2,11,13). The van der Waals surface area contributed by atoms with E-state index in [1.54, 1.807) is 23.7 Å². The highest BCUT2D eigenvalue weighted by atomic mass is 32.2. The number of anilines is 1. The van der Waals surface area contributed by atoms with Crippen LogP contribution in [0, 0.1) is 0 Å². The molecule has 0 bridgehead atoms. The minimum absolute atomic E-state index is 0.131. The molecule has 16 heavy (non-hydrogen) atoms. The summed E-state index contributed by atoms with van der Waals surface area (Å²) in [5, 5.41) is 0. The van der Waals surface area contributed by atoms with E-state index in [0.29, 0.717) is 11.5 Å². The lowest BCUT2D eigenvalue weighted by atomic mass is 10.3.